The number of hydrogen-bond donors (Lipinski definition) is 2. The monoisotopic (exact) mass is 315 g/mol. The molecule has 118 valence electrons. The molecule has 1 heterocycles. The molecule has 1 aromatic carbocycles. The fraction of sp³-hybridized carbons (Fsp3) is 0.267. The number of aliphatic hydroxyl groups excluding tert-OH is 1. The number of fused-ring (bicyclic) bond motifs is 1. The Kier molecular flexibility index (Phi) is 4.41. The maximum Gasteiger partial charge on any atom is 0.389 e. The second-order valence-corrected chi connectivity index (χ2v) is 5.10. The highest BCUT2D eigenvalue weighted by Gasteiger charge is 2.40. The Balaban J connectivity index is 2.16. The maximum atomic E-state index is 12.3. The number of imide groups is 1. The van der Waals surface area contributed by atoms with Gasteiger partial charge in [0.2, 0.25) is 17.1 Å². The Bertz CT molecular complexity index is 715. The Labute approximate surface area is 132 Å². The lowest BCUT2D eigenvalue weighted by Crippen LogP contribution is -2.50. The lowest BCUT2D eigenvalue weighted by Gasteiger charge is -2.23. The largest absolute Gasteiger partial charge is 0.504 e. The zero-order chi connectivity index (χ0) is 17.1. The zero-order valence-corrected chi connectivity index (χ0v) is 12.6. The van der Waals surface area contributed by atoms with Gasteiger partial charge < -0.3 is 10.4 Å². The van der Waals surface area contributed by atoms with E-state index in [1.54, 1.807) is 12.1 Å². The number of carbonyl (C=O) groups is 3. The fourth-order valence-corrected chi connectivity index (χ4v) is 2.26. The van der Waals surface area contributed by atoms with Crippen LogP contribution in [-0.2, 0) is 4.79 Å². The molecule has 0 aliphatic carbocycles. The van der Waals surface area contributed by atoms with Crippen LogP contribution in [0, 0.1) is 5.39 Å². The Hall–Kier alpha value is -3.21. The third-order valence-corrected chi connectivity index (χ3v) is 3.58. The van der Waals surface area contributed by atoms with Crippen molar-refractivity contribution in [3.05, 3.63) is 52.3 Å². The van der Waals surface area contributed by atoms with Gasteiger partial charge in [-0.15, -0.1) is 0 Å². The third kappa shape index (κ3) is 2.89. The van der Waals surface area contributed by atoms with E-state index in [9.17, 15) is 19.5 Å². The van der Waals surface area contributed by atoms with E-state index in [-0.39, 0.29) is 16.9 Å². The number of rotatable bonds is 4. The van der Waals surface area contributed by atoms with Gasteiger partial charge in [0.15, 0.2) is 4.98 Å². The summed E-state index contributed by atoms with van der Waals surface area (Å²) < 4.78 is 0. The van der Waals surface area contributed by atoms with Crippen molar-refractivity contribution in [3.63, 3.8) is 0 Å². The molecule has 0 saturated heterocycles. The molecule has 3 amide bonds. The van der Waals surface area contributed by atoms with Crippen molar-refractivity contribution in [1.82, 2.24) is 10.2 Å². The van der Waals surface area contributed by atoms with Crippen LogP contribution in [0.5, 0.6) is 0 Å². The standard InChI is InChI=1S/C15H14N4O4/c1-8(12(20)7-17-16)18-13(21)9(2)19-14(22)10-5-3-4-6-11(10)15(19)23/h3-9H,1-2H3,(H-,18,20,21)/p+1/t8-,9+/m1/s1. The molecule has 2 rings (SSSR count). The molecule has 2 atom stereocenters. The summed E-state index contributed by atoms with van der Waals surface area (Å²) in [6.07, 6.45) is 0.775. The van der Waals surface area contributed by atoms with Crippen LogP contribution in [0.3, 0.4) is 0 Å². The van der Waals surface area contributed by atoms with E-state index in [0.29, 0.717) is 0 Å². The third-order valence-electron chi connectivity index (χ3n) is 3.58. The lowest BCUT2D eigenvalue weighted by molar-refractivity contribution is -0.125. The average Bonchev–Trinajstić information content (AvgIpc) is 2.78. The predicted molar refractivity (Wildman–Crippen MR) is 79.8 cm³/mol. The van der Waals surface area contributed by atoms with Gasteiger partial charge in [0.25, 0.3) is 11.8 Å². The van der Waals surface area contributed by atoms with Gasteiger partial charge in [0.1, 0.15) is 6.04 Å². The number of nitrogens with zero attached hydrogens (tertiary/aromatic N) is 3. The molecule has 1 aliphatic rings. The lowest BCUT2D eigenvalue weighted by atomic mass is 10.1. The SMILES string of the molecule is C[C@@H](NC(=O)[C@H](C)N1C(=O)c2ccccc2C1=O)C(O)=C[N+]#N. The first-order chi connectivity index (χ1) is 10.9. The minimum Gasteiger partial charge on any atom is -0.504 e. The van der Waals surface area contributed by atoms with Gasteiger partial charge in [0.05, 0.1) is 17.2 Å². The quantitative estimate of drug-likeness (QED) is 0.495. The van der Waals surface area contributed by atoms with E-state index in [4.69, 9.17) is 5.39 Å². The summed E-state index contributed by atoms with van der Waals surface area (Å²) in [7, 11) is 0. The van der Waals surface area contributed by atoms with E-state index >= 15 is 0 Å². The molecule has 0 radical (unpaired) electrons. The van der Waals surface area contributed by atoms with Crippen LogP contribution >= 0.6 is 0 Å². The zero-order valence-electron chi connectivity index (χ0n) is 12.6. The number of aliphatic hydroxyl groups is 1. The van der Waals surface area contributed by atoms with E-state index in [1.807, 2.05) is 0 Å². The summed E-state index contributed by atoms with van der Waals surface area (Å²) in [5, 5.41) is 20.3. The van der Waals surface area contributed by atoms with Gasteiger partial charge in [-0.25, -0.2) is 0 Å². The fourth-order valence-electron chi connectivity index (χ4n) is 2.26. The molecule has 0 saturated carbocycles. The van der Waals surface area contributed by atoms with Crippen molar-refractivity contribution in [2.45, 2.75) is 25.9 Å². The van der Waals surface area contributed by atoms with Crippen molar-refractivity contribution < 1.29 is 19.5 Å². The van der Waals surface area contributed by atoms with Gasteiger partial charge in [-0.3, -0.25) is 19.3 Å². The first kappa shape index (κ1) is 16.2. The highest BCUT2D eigenvalue weighted by Crippen LogP contribution is 2.24. The summed E-state index contributed by atoms with van der Waals surface area (Å²) in [4.78, 5) is 40.3. The molecule has 8 heteroatoms. The number of amides is 3. The summed E-state index contributed by atoms with van der Waals surface area (Å²) in [6.45, 7) is 2.88. The number of carbonyl (C=O) groups excluding carboxylic acids is 3. The van der Waals surface area contributed by atoms with Crippen LogP contribution in [0.25, 0.3) is 4.98 Å². The molecule has 0 unspecified atom stereocenters. The maximum absolute atomic E-state index is 12.3. The molecule has 0 spiro atoms. The summed E-state index contributed by atoms with van der Waals surface area (Å²) in [6, 6.07) is 4.45. The number of benzene rings is 1. The molecular weight excluding hydrogens is 300 g/mol. The second kappa shape index (κ2) is 6.27. The van der Waals surface area contributed by atoms with Gasteiger partial charge >= 0.3 is 6.20 Å². The highest BCUT2D eigenvalue weighted by atomic mass is 16.3. The molecule has 0 bridgehead atoms. The van der Waals surface area contributed by atoms with E-state index in [2.05, 4.69) is 10.3 Å². The molecule has 1 aromatic rings. The Morgan fingerprint density at radius 3 is 2.26 bits per heavy atom. The first-order valence-electron chi connectivity index (χ1n) is 6.89. The Morgan fingerprint density at radius 1 is 1.26 bits per heavy atom. The van der Waals surface area contributed by atoms with Gasteiger partial charge in [-0.1, -0.05) is 12.1 Å². The van der Waals surface area contributed by atoms with Crippen molar-refractivity contribution in [2.75, 3.05) is 0 Å². The smallest absolute Gasteiger partial charge is 0.389 e. The van der Waals surface area contributed by atoms with Crippen LogP contribution in [0.2, 0.25) is 0 Å². The minimum atomic E-state index is -1.05. The van der Waals surface area contributed by atoms with Crippen molar-refractivity contribution in [3.8, 4) is 0 Å². The Morgan fingerprint density at radius 2 is 1.78 bits per heavy atom. The predicted octanol–water partition coefficient (Wildman–Crippen LogP) is 1.43. The number of nitrogens with one attached hydrogen (secondary N) is 1. The van der Waals surface area contributed by atoms with Crippen molar-refractivity contribution >= 4 is 17.7 Å². The van der Waals surface area contributed by atoms with Crippen LogP contribution in [0.4, 0.5) is 0 Å². The van der Waals surface area contributed by atoms with Crippen molar-refractivity contribution in [2.24, 2.45) is 0 Å². The second-order valence-electron chi connectivity index (χ2n) is 5.10. The van der Waals surface area contributed by atoms with Gasteiger partial charge in [-0.05, 0) is 26.0 Å². The molecular formula is C15H15N4O4+. The van der Waals surface area contributed by atoms with Gasteiger partial charge in [0, 0.05) is 0 Å². The molecule has 23 heavy (non-hydrogen) atoms. The van der Waals surface area contributed by atoms with Crippen LogP contribution in [0.15, 0.2) is 36.2 Å². The number of hydrogen-bond acceptors (Lipinski definition) is 5. The van der Waals surface area contributed by atoms with E-state index in [1.165, 1.54) is 26.0 Å². The minimum absolute atomic E-state index is 0.257. The van der Waals surface area contributed by atoms with Crippen LogP contribution < -0.4 is 5.32 Å². The average molecular weight is 315 g/mol. The number of diazo groups is 1. The summed E-state index contributed by atoms with van der Waals surface area (Å²) >= 11 is 0. The molecule has 0 aromatic heterocycles. The normalized spacial score (nSPS) is 16.6. The van der Waals surface area contributed by atoms with Crippen LogP contribution in [0.1, 0.15) is 34.6 Å². The molecule has 1 aliphatic heterocycles. The molecule has 2 N–H and O–H groups in total. The highest BCUT2D eigenvalue weighted by molar-refractivity contribution is 6.22. The van der Waals surface area contributed by atoms with E-state index < -0.39 is 29.8 Å². The van der Waals surface area contributed by atoms with E-state index in [0.717, 1.165) is 11.1 Å². The molecule has 8 nitrogen and oxygen atoms in total. The summed E-state index contributed by atoms with van der Waals surface area (Å²) in [5.74, 6) is -2.06. The summed E-state index contributed by atoms with van der Waals surface area (Å²) in [5.41, 5.74) is 0.513. The van der Waals surface area contributed by atoms with Crippen molar-refractivity contribution in [1.29, 1.82) is 5.39 Å². The first-order valence-corrected chi connectivity index (χ1v) is 6.89. The van der Waals surface area contributed by atoms with Gasteiger partial charge in [-0.2, -0.15) is 0 Å². The van der Waals surface area contributed by atoms with Crippen LogP contribution in [-0.4, -0.2) is 39.8 Å². The molecule has 0 fully saturated rings. The topological polar surface area (TPSA) is 115 Å².